The second-order valence-corrected chi connectivity index (χ2v) is 4.53. The smallest absolute Gasteiger partial charge is 0.122 e. The molecule has 0 saturated heterocycles. The van der Waals surface area contributed by atoms with Crippen molar-refractivity contribution >= 4 is 0 Å². The number of aliphatic hydroxyl groups is 1. The van der Waals surface area contributed by atoms with Gasteiger partial charge >= 0.3 is 0 Å². The van der Waals surface area contributed by atoms with Gasteiger partial charge in [-0.3, -0.25) is 0 Å². The van der Waals surface area contributed by atoms with Crippen LogP contribution < -0.4 is 4.74 Å². The monoisotopic (exact) mass is 236 g/mol. The van der Waals surface area contributed by atoms with Crippen LogP contribution in [-0.2, 0) is 11.2 Å². The molecule has 2 atom stereocenters. The van der Waals surface area contributed by atoms with Crippen LogP contribution in [0.15, 0.2) is 24.3 Å². The Morgan fingerprint density at radius 1 is 1.47 bits per heavy atom. The molecule has 1 aromatic carbocycles. The summed E-state index contributed by atoms with van der Waals surface area (Å²) in [6, 6.07) is 8.01. The second kappa shape index (κ2) is 6.03. The standard InChI is InChI=1S/C14H20O3/c1-2-7-16-10-13(15)12-8-11-5-3-4-6-14(11)17-9-12/h3-6,12-13,15H,2,7-10H2,1H3. The molecule has 1 aromatic rings. The Bertz CT molecular complexity index is 351. The van der Waals surface area contributed by atoms with Gasteiger partial charge in [-0.1, -0.05) is 25.1 Å². The fraction of sp³-hybridized carbons (Fsp3) is 0.571. The summed E-state index contributed by atoms with van der Waals surface area (Å²) in [6.45, 7) is 3.76. The normalized spacial score (nSPS) is 20.5. The Balaban J connectivity index is 1.88. The van der Waals surface area contributed by atoms with E-state index in [0.29, 0.717) is 19.8 Å². The molecule has 0 bridgehead atoms. The minimum absolute atomic E-state index is 0.141. The summed E-state index contributed by atoms with van der Waals surface area (Å²) in [5.41, 5.74) is 1.18. The molecule has 0 aromatic heterocycles. The predicted molar refractivity (Wildman–Crippen MR) is 66.2 cm³/mol. The maximum atomic E-state index is 10.0. The lowest BCUT2D eigenvalue weighted by atomic mass is 9.92. The molecule has 0 aliphatic carbocycles. The Morgan fingerprint density at radius 3 is 3.12 bits per heavy atom. The van der Waals surface area contributed by atoms with E-state index in [1.54, 1.807) is 0 Å². The highest BCUT2D eigenvalue weighted by Crippen LogP contribution is 2.28. The van der Waals surface area contributed by atoms with Crippen molar-refractivity contribution in [3.63, 3.8) is 0 Å². The Morgan fingerprint density at radius 2 is 2.29 bits per heavy atom. The average Bonchev–Trinajstić information content (AvgIpc) is 2.38. The van der Waals surface area contributed by atoms with Crippen LogP contribution in [0, 0.1) is 5.92 Å². The molecule has 3 nitrogen and oxygen atoms in total. The molecule has 1 aliphatic rings. The third-order valence-corrected chi connectivity index (χ3v) is 3.09. The predicted octanol–water partition coefficient (Wildman–Crippen LogP) is 2.03. The number of fused-ring (bicyclic) bond motifs is 1. The third kappa shape index (κ3) is 3.20. The van der Waals surface area contributed by atoms with E-state index in [1.807, 2.05) is 18.2 Å². The van der Waals surface area contributed by atoms with E-state index in [2.05, 4.69) is 13.0 Å². The highest BCUT2D eigenvalue weighted by molar-refractivity contribution is 5.35. The van der Waals surface area contributed by atoms with Gasteiger partial charge in [0.15, 0.2) is 0 Å². The number of hydrogen-bond acceptors (Lipinski definition) is 3. The van der Waals surface area contributed by atoms with E-state index in [-0.39, 0.29) is 5.92 Å². The fourth-order valence-electron chi connectivity index (χ4n) is 2.08. The van der Waals surface area contributed by atoms with Gasteiger partial charge in [0.1, 0.15) is 5.75 Å². The number of benzene rings is 1. The summed E-state index contributed by atoms with van der Waals surface area (Å²) in [5, 5.41) is 10.0. The van der Waals surface area contributed by atoms with E-state index >= 15 is 0 Å². The van der Waals surface area contributed by atoms with Crippen molar-refractivity contribution in [2.45, 2.75) is 25.9 Å². The lowest BCUT2D eigenvalue weighted by Crippen LogP contribution is -2.34. The van der Waals surface area contributed by atoms with Crippen molar-refractivity contribution in [2.75, 3.05) is 19.8 Å². The van der Waals surface area contributed by atoms with Gasteiger partial charge < -0.3 is 14.6 Å². The zero-order valence-corrected chi connectivity index (χ0v) is 10.3. The van der Waals surface area contributed by atoms with E-state index in [1.165, 1.54) is 5.56 Å². The first-order valence-corrected chi connectivity index (χ1v) is 6.27. The quantitative estimate of drug-likeness (QED) is 0.795. The fourth-order valence-corrected chi connectivity index (χ4v) is 2.08. The molecular weight excluding hydrogens is 216 g/mol. The molecule has 0 fully saturated rings. The minimum Gasteiger partial charge on any atom is -0.493 e. The van der Waals surface area contributed by atoms with Crippen LogP contribution >= 0.6 is 0 Å². The van der Waals surface area contributed by atoms with Crippen molar-refractivity contribution in [1.82, 2.24) is 0 Å². The van der Waals surface area contributed by atoms with Crippen molar-refractivity contribution in [3.8, 4) is 5.75 Å². The van der Waals surface area contributed by atoms with Crippen molar-refractivity contribution < 1.29 is 14.6 Å². The molecule has 94 valence electrons. The van der Waals surface area contributed by atoms with E-state index < -0.39 is 6.10 Å². The number of aliphatic hydroxyl groups excluding tert-OH is 1. The van der Waals surface area contributed by atoms with Crippen LogP contribution in [0.1, 0.15) is 18.9 Å². The topological polar surface area (TPSA) is 38.7 Å². The summed E-state index contributed by atoms with van der Waals surface area (Å²) < 4.78 is 11.0. The molecule has 1 aliphatic heterocycles. The summed E-state index contributed by atoms with van der Waals surface area (Å²) in [5.74, 6) is 1.09. The number of ether oxygens (including phenoxy) is 2. The number of rotatable bonds is 5. The first kappa shape index (κ1) is 12.4. The molecule has 2 unspecified atom stereocenters. The van der Waals surface area contributed by atoms with E-state index in [0.717, 1.165) is 18.6 Å². The maximum Gasteiger partial charge on any atom is 0.122 e. The van der Waals surface area contributed by atoms with Gasteiger partial charge in [0.05, 0.1) is 19.3 Å². The Labute approximate surface area is 102 Å². The van der Waals surface area contributed by atoms with Gasteiger partial charge in [-0.05, 0) is 24.5 Å². The highest BCUT2D eigenvalue weighted by Gasteiger charge is 2.25. The van der Waals surface area contributed by atoms with Gasteiger partial charge in [0.25, 0.3) is 0 Å². The molecule has 0 saturated carbocycles. The van der Waals surface area contributed by atoms with Gasteiger partial charge in [-0.25, -0.2) is 0 Å². The molecule has 2 rings (SSSR count). The number of hydrogen-bond donors (Lipinski definition) is 1. The van der Waals surface area contributed by atoms with Crippen molar-refractivity contribution in [1.29, 1.82) is 0 Å². The Kier molecular flexibility index (Phi) is 4.40. The van der Waals surface area contributed by atoms with Crippen LogP contribution in [0.3, 0.4) is 0 Å². The first-order valence-electron chi connectivity index (χ1n) is 6.27. The van der Waals surface area contributed by atoms with E-state index in [9.17, 15) is 5.11 Å². The van der Waals surface area contributed by atoms with Crippen LogP contribution in [-0.4, -0.2) is 31.0 Å². The maximum absolute atomic E-state index is 10.0. The Hall–Kier alpha value is -1.06. The second-order valence-electron chi connectivity index (χ2n) is 4.53. The molecule has 17 heavy (non-hydrogen) atoms. The largest absolute Gasteiger partial charge is 0.493 e. The third-order valence-electron chi connectivity index (χ3n) is 3.09. The molecule has 0 amide bonds. The van der Waals surface area contributed by atoms with Gasteiger partial charge in [0.2, 0.25) is 0 Å². The zero-order valence-electron chi connectivity index (χ0n) is 10.3. The molecule has 3 heteroatoms. The number of para-hydroxylation sites is 1. The van der Waals surface area contributed by atoms with Crippen LogP contribution in [0.4, 0.5) is 0 Å². The van der Waals surface area contributed by atoms with E-state index in [4.69, 9.17) is 9.47 Å². The molecule has 0 spiro atoms. The lowest BCUT2D eigenvalue weighted by Gasteiger charge is -2.28. The summed E-state index contributed by atoms with van der Waals surface area (Å²) in [6.07, 6.45) is 1.42. The highest BCUT2D eigenvalue weighted by atomic mass is 16.5. The van der Waals surface area contributed by atoms with Gasteiger partial charge in [-0.15, -0.1) is 0 Å². The zero-order chi connectivity index (χ0) is 12.1. The van der Waals surface area contributed by atoms with Crippen LogP contribution in [0.2, 0.25) is 0 Å². The SMILES string of the molecule is CCCOCC(O)C1COc2ccccc2C1. The van der Waals surface area contributed by atoms with Gasteiger partial charge in [-0.2, -0.15) is 0 Å². The van der Waals surface area contributed by atoms with Crippen LogP contribution in [0.5, 0.6) is 5.75 Å². The lowest BCUT2D eigenvalue weighted by molar-refractivity contribution is -0.0112. The minimum atomic E-state index is -0.435. The molecule has 1 heterocycles. The van der Waals surface area contributed by atoms with Crippen molar-refractivity contribution in [2.24, 2.45) is 5.92 Å². The van der Waals surface area contributed by atoms with Crippen LogP contribution in [0.25, 0.3) is 0 Å². The summed E-state index contributed by atoms with van der Waals surface area (Å²) >= 11 is 0. The van der Waals surface area contributed by atoms with Crippen molar-refractivity contribution in [3.05, 3.63) is 29.8 Å². The molecular formula is C14H20O3. The van der Waals surface area contributed by atoms with Gasteiger partial charge in [0, 0.05) is 12.5 Å². The summed E-state index contributed by atoms with van der Waals surface area (Å²) in [4.78, 5) is 0. The summed E-state index contributed by atoms with van der Waals surface area (Å²) in [7, 11) is 0. The molecule has 1 N–H and O–H groups in total. The first-order chi connectivity index (χ1) is 8.31. The average molecular weight is 236 g/mol. The molecule has 0 radical (unpaired) electrons.